The van der Waals surface area contributed by atoms with Gasteiger partial charge in [-0.2, -0.15) is 0 Å². The van der Waals surface area contributed by atoms with Crippen molar-refractivity contribution in [3.05, 3.63) is 10.6 Å². The first-order valence-corrected chi connectivity index (χ1v) is 9.33. The molecule has 0 fully saturated rings. The number of halogens is 1. The van der Waals surface area contributed by atoms with E-state index in [-0.39, 0.29) is 0 Å². The highest BCUT2D eigenvalue weighted by Crippen LogP contribution is 2.22. The maximum Gasteiger partial charge on any atom is -0.0117 e. The topological polar surface area (TPSA) is 0 Å². The Morgan fingerprint density at radius 1 is 0.789 bits per heavy atom. The van der Waals surface area contributed by atoms with Crippen LogP contribution in [-0.4, -0.2) is 0 Å². The zero-order valence-corrected chi connectivity index (χ0v) is 15.1. The predicted molar refractivity (Wildman–Crippen MR) is 92.9 cm³/mol. The smallest absolute Gasteiger partial charge is 0.0117 e. The Hall–Kier alpha value is 0.220. The van der Waals surface area contributed by atoms with E-state index in [9.17, 15) is 0 Å². The van der Waals surface area contributed by atoms with Crippen LogP contribution in [0.15, 0.2) is 10.6 Å². The quantitative estimate of drug-likeness (QED) is 0.304. The third kappa shape index (κ3) is 14.4. The van der Waals surface area contributed by atoms with Crippen molar-refractivity contribution in [2.75, 3.05) is 0 Å². The molecule has 0 radical (unpaired) electrons. The van der Waals surface area contributed by atoms with Crippen LogP contribution >= 0.6 is 15.9 Å². The van der Waals surface area contributed by atoms with Crippen molar-refractivity contribution < 1.29 is 0 Å². The largest absolute Gasteiger partial charge is 0.0715 e. The molecule has 0 rings (SSSR count). The van der Waals surface area contributed by atoms with Crippen LogP contribution in [0.4, 0.5) is 0 Å². The average molecular weight is 331 g/mol. The summed E-state index contributed by atoms with van der Waals surface area (Å²) in [4.78, 5) is 0. The second-order valence-electron chi connectivity index (χ2n) is 5.92. The molecule has 0 nitrogen and oxygen atoms in total. The number of unbranched alkanes of at least 4 members (excludes halogenated alkanes) is 8. The summed E-state index contributed by atoms with van der Waals surface area (Å²) < 4.78 is 1.32. The Balaban J connectivity index is 3.71. The molecule has 0 aromatic heterocycles. The van der Waals surface area contributed by atoms with Gasteiger partial charge in [0.1, 0.15) is 0 Å². The molecule has 1 atom stereocenters. The summed E-state index contributed by atoms with van der Waals surface area (Å²) in [6.45, 7) is 6.74. The molecule has 1 unspecified atom stereocenters. The van der Waals surface area contributed by atoms with Crippen molar-refractivity contribution in [2.45, 2.75) is 97.8 Å². The van der Waals surface area contributed by atoms with Crippen molar-refractivity contribution in [1.29, 1.82) is 0 Å². The second kappa shape index (κ2) is 14.6. The number of hydrogen-bond acceptors (Lipinski definition) is 0. The molecule has 0 saturated heterocycles. The summed E-state index contributed by atoms with van der Waals surface area (Å²) in [5, 5.41) is 0. The van der Waals surface area contributed by atoms with E-state index < -0.39 is 0 Å². The first-order valence-electron chi connectivity index (χ1n) is 8.54. The summed E-state index contributed by atoms with van der Waals surface area (Å²) in [5.41, 5.74) is 0. The molecule has 0 aromatic rings. The molecular weight excluding hydrogens is 296 g/mol. The van der Waals surface area contributed by atoms with Crippen LogP contribution in [-0.2, 0) is 0 Å². The molecule has 0 aliphatic heterocycles. The highest BCUT2D eigenvalue weighted by atomic mass is 79.9. The Labute approximate surface area is 130 Å². The van der Waals surface area contributed by atoms with Crippen LogP contribution in [0.3, 0.4) is 0 Å². The molecule has 0 bridgehead atoms. The summed E-state index contributed by atoms with van der Waals surface area (Å²) in [6, 6.07) is 0. The van der Waals surface area contributed by atoms with E-state index in [0.29, 0.717) is 0 Å². The van der Waals surface area contributed by atoms with Crippen molar-refractivity contribution in [1.82, 2.24) is 0 Å². The van der Waals surface area contributed by atoms with E-state index in [2.05, 4.69) is 42.8 Å². The lowest BCUT2D eigenvalue weighted by molar-refractivity contribution is 0.468. The minimum atomic E-state index is 0.808. The number of hydrogen-bond donors (Lipinski definition) is 0. The highest BCUT2D eigenvalue weighted by molar-refractivity contribution is 9.11. The highest BCUT2D eigenvalue weighted by Gasteiger charge is 2.05. The molecule has 0 saturated carbocycles. The van der Waals surface area contributed by atoms with Crippen LogP contribution in [0.1, 0.15) is 97.8 Å². The third-order valence-corrected chi connectivity index (χ3v) is 4.09. The molecular formula is C18H35Br. The summed E-state index contributed by atoms with van der Waals surface area (Å²) >= 11 is 3.60. The van der Waals surface area contributed by atoms with Gasteiger partial charge < -0.3 is 0 Å². The summed E-state index contributed by atoms with van der Waals surface area (Å²) in [7, 11) is 0. The molecule has 0 aliphatic rings. The van der Waals surface area contributed by atoms with E-state index in [1.54, 1.807) is 0 Å². The Bertz CT molecular complexity index is 204. The van der Waals surface area contributed by atoms with E-state index in [0.717, 1.165) is 5.92 Å². The van der Waals surface area contributed by atoms with Crippen LogP contribution in [0, 0.1) is 5.92 Å². The molecule has 1 heteroatoms. The van der Waals surface area contributed by atoms with Gasteiger partial charge in [-0.1, -0.05) is 100 Å². The first-order chi connectivity index (χ1) is 9.20. The van der Waals surface area contributed by atoms with Gasteiger partial charge in [0.05, 0.1) is 0 Å². The van der Waals surface area contributed by atoms with Crippen molar-refractivity contribution in [2.24, 2.45) is 5.92 Å². The SMILES string of the molecule is CCCCCCCCC(C=C(C)Br)CCCCCC. The fraction of sp³-hybridized carbons (Fsp3) is 0.889. The average Bonchev–Trinajstić information content (AvgIpc) is 2.37. The normalized spacial score (nSPS) is 13.8. The molecule has 0 spiro atoms. The fourth-order valence-corrected chi connectivity index (χ4v) is 3.03. The Morgan fingerprint density at radius 2 is 1.21 bits per heavy atom. The molecule has 19 heavy (non-hydrogen) atoms. The Kier molecular flexibility index (Phi) is 14.8. The fourth-order valence-electron chi connectivity index (χ4n) is 2.66. The molecule has 0 amide bonds. The lowest BCUT2D eigenvalue weighted by Gasteiger charge is -2.13. The minimum Gasteiger partial charge on any atom is -0.0715 e. The predicted octanol–water partition coefficient (Wildman–Crippen LogP) is 7.62. The monoisotopic (exact) mass is 330 g/mol. The molecule has 0 heterocycles. The summed E-state index contributed by atoms with van der Waals surface area (Å²) in [6.07, 6.45) is 19.3. The van der Waals surface area contributed by atoms with Gasteiger partial charge in [-0.15, -0.1) is 0 Å². The lowest BCUT2D eigenvalue weighted by Crippen LogP contribution is -1.98. The van der Waals surface area contributed by atoms with Gasteiger partial charge in [0.2, 0.25) is 0 Å². The van der Waals surface area contributed by atoms with Gasteiger partial charge in [0.15, 0.2) is 0 Å². The number of rotatable bonds is 13. The molecule has 0 aromatic carbocycles. The zero-order valence-electron chi connectivity index (χ0n) is 13.5. The van der Waals surface area contributed by atoms with E-state index in [1.165, 1.54) is 81.5 Å². The summed E-state index contributed by atoms with van der Waals surface area (Å²) in [5.74, 6) is 0.808. The molecule has 0 N–H and O–H groups in total. The van der Waals surface area contributed by atoms with Crippen LogP contribution in [0.2, 0.25) is 0 Å². The van der Waals surface area contributed by atoms with Crippen LogP contribution in [0.25, 0.3) is 0 Å². The molecule has 0 aliphatic carbocycles. The van der Waals surface area contributed by atoms with Gasteiger partial charge in [-0.3, -0.25) is 0 Å². The van der Waals surface area contributed by atoms with Gasteiger partial charge >= 0.3 is 0 Å². The third-order valence-electron chi connectivity index (χ3n) is 3.82. The Morgan fingerprint density at radius 3 is 1.68 bits per heavy atom. The van der Waals surface area contributed by atoms with E-state index in [1.807, 2.05) is 0 Å². The second-order valence-corrected chi connectivity index (χ2v) is 7.17. The zero-order chi connectivity index (χ0) is 14.3. The minimum absolute atomic E-state index is 0.808. The van der Waals surface area contributed by atoms with Crippen molar-refractivity contribution >= 4 is 15.9 Å². The van der Waals surface area contributed by atoms with Gasteiger partial charge in [0.25, 0.3) is 0 Å². The molecule has 114 valence electrons. The number of allylic oxidation sites excluding steroid dienone is 2. The van der Waals surface area contributed by atoms with Crippen molar-refractivity contribution in [3.63, 3.8) is 0 Å². The van der Waals surface area contributed by atoms with Gasteiger partial charge in [-0.05, 0) is 30.2 Å². The van der Waals surface area contributed by atoms with Crippen LogP contribution in [0.5, 0.6) is 0 Å². The van der Waals surface area contributed by atoms with Gasteiger partial charge in [-0.25, -0.2) is 0 Å². The first kappa shape index (κ1) is 19.2. The van der Waals surface area contributed by atoms with Crippen molar-refractivity contribution in [3.8, 4) is 0 Å². The van der Waals surface area contributed by atoms with E-state index >= 15 is 0 Å². The standard InChI is InChI=1S/C18H35Br/c1-4-6-8-10-11-13-15-18(16-17(3)19)14-12-9-7-5-2/h16,18H,4-15H2,1-3H3. The lowest BCUT2D eigenvalue weighted by atomic mass is 9.94. The maximum atomic E-state index is 3.60. The maximum absolute atomic E-state index is 3.60. The van der Waals surface area contributed by atoms with E-state index in [4.69, 9.17) is 0 Å². The van der Waals surface area contributed by atoms with Crippen LogP contribution < -0.4 is 0 Å². The van der Waals surface area contributed by atoms with Gasteiger partial charge in [0, 0.05) is 0 Å².